The smallest absolute Gasteiger partial charge is 0.114 e. The summed E-state index contributed by atoms with van der Waals surface area (Å²) in [7, 11) is 0. The van der Waals surface area contributed by atoms with Crippen molar-refractivity contribution in [1.82, 2.24) is 5.32 Å². The van der Waals surface area contributed by atoms with Crippen LogP contribution in [0.5, 0.6) is 0 Å². The summed E-state index contributed by atoms with van der Waals surface area (Å²) < 4.78 is 0. The Morgan fingerprint density at radius 3 is 2.71 bits per heavy atom. The molecule has 0 aromatic heterocycles. The van der Waals surface area contributed by atoms with Gasteiger partial charge in [-0.25, -0.2) is 0 Å². The Morgan fingerprint density at radius 2 is 2.57 bits per heavy atom. The summed E-state index contributed by atoms with van der Waals surface area (Å²) in [4.78, 5) is 3.97. The average Bonchev–Trinajstić information content (AvgIpc) is 2.17. The van der Waals surface area contributed by atoms with Crippen LogP contribution >= 0.6 is 0 Å². The second-order valence-electron chi connectivity index (χ2n) is 1.69. The standard InChI is InChI=1S/C4H9N3/c1-3(5)7-4-2-6-4/h4,6H,2H2,1H3,(H2,5,7). The Bertz CT molecular complexity index is 89.1. The molecule has 0 aromatic rings. The third-order valence-corrected chi connectivity index (χ3v) is 0.746. The average molecular weight is 99.1 g/mol. The SMILES string of the molecule is CC(N)=NC1CN1. The van der Waals surface area contributed by atoms with Crippen molar-refractivity contribution in [3.63, 3.8) is 0 Å². The minimum Gasteiger partial charge on any atom is -0.388 e. The van der Waals surface area contributed by atoms with Gasteiger partial charge in [-0.3, -0.25) is 10.3 Å². The van der Waals surface area contributed by atoms with E-state index in [1.807, 2.05) is 0 Å². The van der Waals surface area contributed by atoms with Gasteiger partial charge in [0.15, 0.2) is 0 Å². The summed E-state index contributed by atoms with van der Waals surface area (Å²) in [5.41, 5.74) is 5.24. The molecule has 1 heterocycles. The molecule has 1 atom stereocenters. The van der Waals surface area contributed by atoms with E-state index in [0.717, 1.165) is 6.54 Å². The van der Waals surface area contributed by atoms with Gasteiger partial charge in [0, 0.05) is 6.54 Å². The molecule has 1 aliphatic rings. The molecule has 0 spiro atoms. The van der Waals surface area contributed by atoms with E-state index in [1.165, 1.54) is 0 Å². The van der Waals surface area contributed by atoms with Crippen molar-refractivity contribution < 1.29 is 0 Å². The third-order valence-electron chi connectivity index (χ3n) is 0.746. The number of hydrogen-bond acceptors (Lipinski definition) is 2. The molecule has 1 fully saturated rings. The van der Waals surface area contributed by atoms with Crippen molar-refractivity contribution in [2.75, 3.05) is 6.54 Å². The molecular weight excluding hydrogens is 90.1 g/mol. The van der Waals surface area contributed by atoms with Gasteiger partial charge in [-0.05, 0) is 6.92 Å². The van der Waals surface area contributed by atoms with Crippen LogP contribution in [0.15, 0.2) is 4.99 Å². The second-order valence-corrected chi connectivity index (χ2v) is 1.69. The number of nitrogens with zero attached hydrogens (tertiary/aromatic N) is 1. The van der Waals surface area contributed by atoms with Crippen molar-refractivity contribution in [2.45, 2.75) is 13.1 Å². The lowest BCUT2D eigenvalue weighted by Crippen LogP contribution is -2.07. The second kappa shape index (κ2) is 1.50. The Balaban J connectivity index is 2.29. The van der Waals surface area contributed by atoms with E-state index in [0.29, 0.717) is 12.0 Å². The zero-order valence-electron chi connectivity index (χ0n) is 4.31. The largest absolute Gasteiger partial charge is 0.388 e. The number of rotatable bonds is 1. The summed E-state index contributed by atoms with van der Waals surface area (Å²) in [5, 5.41) is 3.00. The summed E-state index contributed by atoms with van der Waals surface area (Å²) in [5.74, 6) is 0.662. The lowest BCUT2D eigenvalue weighted by molar-refractivity contribution is 1.02. The molecule has 1 rings (SSSR count). The highest BCUT2D eigenvalue weighted by molar-refractivity contribution is 5.77. The summed E-state index contributed by atoms with van der Waals surface area (Å²) in [6.07, 6.45) is 0.338. The molecule has 0 saturated carbocycles. The number of nitrogens with one attached hydrogen (secondary N) is 1. The van der Waals surface area contributed by atoms with Crippen molar-refractivity contribution in [3.8, 4) is 0 Å². The van der Waals surface area contributed by atoms with Crippen LogP contribution in [0, 0.1) is 0 Å². The topological polar surface area (TPSA) is 60.3 Å². The highest BCUT2D eigenvalue weighted by atomic mass is 15.2. The number of aliphatic imine (C=N–C) groups is 1. The highest BCUT2D eigenvalue weighted by Crippen LogP contribution is 1.95. The zero-order valence-corrected chi connectivity index (χ0v) is 4.31. The van der Waals surface area contributed by atoms with E-state index in [-0.39, 0.29) is 0 Å². The molecule has 3 N–H and O–H groups in total. The van der Waals surface area contributed by atoms with Crippen LogP contribution < -0.4 is 11.1 Å². The van der Waals surface area contributed by atoms with Crippen molar-refractivity contribution in [1.29, 1.82) is 0 Å². The Kier molecular flexibility index (Phi) is 0.982. The predicted molar refractivity (Wildman–Crippen MR) is 29.1 cm³/mol. The first-order valence-corrected chi connectivity index (χ1v) is 2.32. The summed E-state index contributed by atoms with van der Waals surface area (Å²) in [6, 6.07) is 0. The van der Waals surface area contributed by atoms with E-state index in [4.69, 9.17) is 5.73 Å². The van der Waals surface area contributed by atoms with Crippen LogP contribution in [-0.2, 0) is 0 Å². The highest BCUT2D eigenvalue weighted by Gasteiger charge is 2.17. The maximum atomic E-state index is 5.24. The van der Waals surface area contributed by atoms with Crippen molar-refractivity contribution in [2.24, 2.45) is 10.7 Å². The molecule has 0 aromatic carbocycles. The number of nitrogens with two attached hydrogens (primary N) is 1. The van der Waals surface area contributed by atoms with Gasteiger partial charge in [-0.2, -0.15) is 0 Å². The van der Waals surface area contributed by atoms with Gasteiger partial charge in [0.2, 0.25) is 0 Å². The molecule has 0 aliphatic carbocycles. The summed E-state index contributed by atoms with van der Waals surface area (Å²) in [6.45, 7) is 2.79. The molecule has 1 saturated heterocycles. The minimum absolute atomic E-state index is 0.338. The zero-order chi connectivity index (χ0) is 5.28. The monoisotopic (exact) mass is 99.1 g/mol. The maximum absolute atomic E-state index is 5.24. The first kappa shape index (κ1) is 4.59. The van der Waals surface area contributed by atoms with E-state index in [2.05, 4.69) is 10.3 Å². The van der Waals surface area contributed by atoms with Crippen LogP contribution in [0.2, 0.25) is 0 Å². The van der Waals surface area contributed by atoms with Crippen molar-refractivity contribution >= 4 is 5.84 Å². The molecule has 3 nitrogen and oxygen atoms in total. The molecule has 1 aliphatic heterocycles. The van der Waals surface area contributed by atoms with Gasteiger partial charge in [-0.15, -0.1) is 0 Å². The molecule has 1 unspecified atom stereocenters. The third kappa shape index (κ3) is 1.55. The lowest BCUT2D eigenvalue weighted by atomic mass is 10.7. The number of hydrogen-bond donors (Lipinski definition) is 2. The van der Waals surface area contributed by atoms with Crippen LogP contribution in [0.25, 0.3) is 0 Å². The minimum atomic E-state index is 0.338. The fourth-order valence-corrected chi connectivity index (χ4v) is 0.390. The van der Waals surface area contributed by atoms with E-state index in [1.54, 1.807) is 6.92 Å². The van der Waals surface area contributed by atoms with Gasteiger partial charge < -0.3 is 5.73 Å². The normalized spacial score (nSPS) is 30.4. The van der Waals surface area contributed by atoms with Crippen LogP contribution in [0.4, 0.5) is 0 Å². The van der Waals surface area contributed by atoms with Gasteiger partial charge in [0.25, 0.3) is 0 Å². The molecule has 7 heavy (non-hydrogen) atoms. The van der Waals surface area contributed by atoms with Crippen LogP contribution in [0.1, 0.15) is 6.92 Å². The molecule has 40 valence electrons. The van der Waals surface area contributed by atoms with Gasteiger partial charge in [0.1, 0.15) is 6.17 Å². The first-order chi connectivity index (χ1) is 3.29. The molecule has 3 heteroatoms. The quantitative estimate of drug-likeness (QED) is 0.259. The van der Waals surface area contributed by atoms with E-state index in [9.17, 15) is 0 Å². The molecule has 0 amide bonds. The first-order valence-electron chi connectivity index (χ1n) is 2.32. The number of amidine groups is 1. The van der Waals surface area contributed by atoms with Gasteiger partial charge in [-0.1, -0.05) is 0 Å². The maximum Gasteiger partial charge on any atom is 0.114 e. The fraction of sp³-hybridized carbons (Fsp3) is 0.750. The van der Waals surface area contributed by atoms with Crippen LogP contribution in [-0.4, -0.2) is 18.5 Å². The lowest BCUT2D eigenvalue weighted by Gasteiger charge is -1.83. The Hall–Kier alpha value is -0.570. The van der Waals surface area contributed by atoms with E-state index >= 15 is 0 Å². The van der Waals surface area contributed by atoms with Gasteiger partial charge >= 0.3 is 0 Å². The van der Waals surface area contributed by atoms with Crippen LogP contribution in [0.3, 0.4) is 0 Å². The Labute approximate surface area is 42.6 Å². The van der Waals surface area contributed by atoms with Gasteiger partial charge in [0.05, 0.1) is 5.84 Å². The molecule has 0 radical (unpaired) electrons. The predicted octanol–water partition coefficient (Wildman–Crippen LogP) is -0.707. The van der Waals surface area contributed by atoms with E-state index < -0.39 is 0 Å². The Morgan fingerprint density at radius 1 is 2.00 bits per heavy atom. The molecular formula is C4H9N3. The fourth-order valence-electron chi connectivity index (χ4n) is 0.390. The summed E-state index contributed by atoms with van der Waals surface area (Å²) >= 11 is 0. The molecule has 0 bridgehead atoms. The van der Waals surface area contributed by atoms with Crippen molar-refractivity contribution in [3.05, 3.63) is 0 Å².